The summed E-state index contributed by atoms with van der Waals surface area (Å²) >= 11 is 0. The molecule has 6 heteroatoms. The van der Waals surface area contributed by atoms with Gasteiger partial charge in [-0.25, -0.2) is 0 Å². The van der Waals surface area contributed by atoms with E-state index in [4.69, 9.17) is 14.2 Å². The van der Waals surface area contributed by atoms with Crippen LogP contribution in [0.15, 0.2) is 36.5 Å². The van der Waals surface area contributed by atoms with Gasteiger partial charge in [0.2, 0.25) is 0 Å². The minimum Gasteiger partial charge on any atom is -0.462 e. The van der Waals surface area contributed by atoms with E-state index in [0.29, 0.717) is 19.3 Å². The third-order valence-corrected chi connectivity index (χ3v) is 12.9. The largest absolute Gasteiger partial charge is 0.462 e. The van der Waals surface area contributed by atoms with Crippen LogP contribution in [0.2, 0.25) is 0 Å². The Labute approximate surface area is 410 Å². The first-order valence-corrected chi connectivity index (χ1v) is 29.0. The number of allylic oxidation sites excluding steroid dienone is 6. The van der Waals surface area contributed by atoms with Crippen molar-refractivity contribution in [2.45, 2.75) is 316 Å². The van der Waals surface area contributed by atoms with E-state index in [1.165, 1.54) is 205 Å². The fraction of sp³-hybridized carbons (Fsp3) is 0.850. The lowest BCUT2D eigenvalue weighted by Crippen LogP contribution is -2.30. The van der Waals surface area contributed by atoms with Gasteiger partial charge in [-0.1, -0.05) is 250 Å². The van der Waals surface area contributed by atoms with Gasteiger partial charge in [0.05, 0.1) is 0 Å². The van der Waals surface area contributed by atoms with Gasteiger partial charge < -0.3 is 14.2 Å². The molecule has 0 aliphatic heterocycles. The second-order valence-electron chi connectivity index (χ2n) is 19.6. The first kappa shape index (κ1) is 63.6. The van der Waals surface area contributed by atoms with Crippen LogP contribution in [-0.2, 0) is 28.6 Å². The molecule has 1 unspecified atom stereocenters. The van der Waals surface area contributed by atoms with E-state index in [9.17, 15) is 14.4 Å². The summed E-state index contributed by atoms with van der Waals surface area (Å²) in [4.78, 5) is 37.9. The molecule has 0 bridgehead atoms. The smallest absolute Gasteiger partial charge is 0.306 e. The molecule has 0 aromatic heterocycles. The van der Waals surface area contributed by atoms with Crippen LogP contribution >= 0.6 is 0 Å². The highest BCUT2D eigenvalue weighted by Crippen LogP contribution is 2.16. The van der Waals surface area contributed by atoms with E-state index in [1.807, 2.05) is 0 Å². The van der Waals surface area contributed by atoms with Crippen LogP contribution in [0.4, 0.5) is 0 Å². The Morgan fingerprint density at radius 1 is 0.303 bits per heavy atom. The monoisotopic (exact) mass is 927 g/mol. The van der Waals surface area contributed by atoms with Crippen molar-refractivity contribution in [2.24, 2.45) is 0 Å². The molecule has 66 heavy (non-hydrogen) atoms. The number of rotatable bonds is 53. The fourth-order valence-electron chi connectivity index (χ4n) is 8.47. The molecular formula is C60H110O6. The molecule has 0 aliphatic carbocycles. The second kappa shape index (κ2) is 55.2. The second-order valence-corrected chi connectivity index (χ2v) is 19.6. The lowest BCUT2D eigenvalue weighted by atomic mass is 10.1. The minimum atomic E-state index is -0.770. The summed E-state index contributed by atoms with van der Waals surface area (Å²) in [5.74, 6) is -0.874. The third kappa shape index (κ3) is 52.6. The van der Waals surface area contributed by atoms with Crippen LogP contribution in [0.1, 0.15) is 310 Å². The summed E-state index contributed by atoms with van der Waals surface area (Å²) in [6.45, 7) is 6.60. The fourth-order valence-corrected chi connectivity index (χ4v) is 8.47. The Morgan fingerprint density at radius 2 is 0.545 bits per heavy atom. The topological polar surface area (TPSA) is 78.9 Å². The number of unbranched alkanes of at least 4 members (excludes halogenated alkanes) is 36. The SMILES string of the molecule is CCCCCCC/C=C\C/C=C\CCCCCCCCCCCC(=O)OCC(COC(=O)CCCCCCCC)OC(=O)CCCCCCCCCCC/C=C\CCCCCCCCCC. The van der Waals surface area contributed by atoms with Crippen LogP contribution in [-0.4, -0.2) is 37.2 Å². The van der Waals surface area contributed by atoms with Gasteiger partial charge in [0.25, 0.3) is 0 Å². The number of hydrogen-bond acceptors (Lipinski definition) is 6. The van der Waals surface area contributed by atoms with Gasteiger partial charge in [0.1, 0.15) is 13.2 Å². The van der Waals surface area contributed by atoms with E-state index in [0.717, 1.165) is 64.2 Å². The summed E-state index contributed by atoms with van der Waals surface area (Å²) in [5, 5.41) is 0. The Morgan fingerprint density at radius 3 is 0.848 bits per heavy atom. The van der Waals surface area contributed by atoms with Gasteiger partial charge in [-0.2, -0.15) is 0 Å². The number of carbonyl (C=O) groups is 3. The van der Waals surface area contributed by atoms with Crippen molar-refractivity contribution >= 4 is 17.9 Å². The zero-order chi connectivity index (χ0) is 47.9. The van der Waals surface area contributed by atoms with Gasteiger partial charge in [-0.05, 0) is 77.0 Å². The highest BCUT2D eigenvalue weighted by atomic mass is 16.6. The standard InChI is InChI=1S/C60H110O6/c1-4-7-10-13-16-18-20-22-24-26-28-30-32-34-36-38-40-42-44-47-50-53-59(62)65-56-57(55-64-58(61)52-49-46-15-12-9-6-3)66-60(63)54-51-48-45-43-41-39-37-35-33-31-29-27-25-23-21-19-17-14-11-8-5-2/h20,22,26-29,57H,4-19,21,23-25,30-56H2,1-3H3/b22-20-,28-26-,29-27-. The molecule has 0 amide bonds. The van der Waals surface area contributed by atoms with Crippen LogP contribution in [0, 0.1) is 0 Å². The molecule has 0 rings (SSSR count). The van der Waals surface area contributed by atoms with E-state index in [1.54, 1.807) is 0 Å². The molecule has 0 aliphatic rings. The maximum atomic E-state index is 12.8. The molecule has 6 nitrogen and oxygen atoms in total. The summed E-state index contributed by atoms with van der Waals surface area (Å²) in [6.07, 6.45) is 66.0. The van der Waals surface area contributed by atoms with Crippen molar-refractivity contribution in [1.29, 1.82) is 0 Å². The summed E-state index contributed by atoms with van der Waals surface area (Å²) in [6, 6.07) is 0. The van der Waals surface area contributed by atoms with Crippen LogP contribution in [0.25, 0.3) is 0 Å². The van der Waals surface area contributed by atoms with E-state index >= 15 is 0 Å². The van der Waals surface area contributed by atoms with Gasteiger partial charge in [0.15, 0.2) is 6.10 Å². The Kier molecular flexibility index (Phi) is 53.2. The minimum absolute atomic E-state index is 0.0725. The summed E-state index contributed by atoms with van der Waals surface area (Å²) < 4.78 is 16.8. The molecule has 0 saturated heterocycles. The molecule has 0 spiro atoms. The quantitative estimate of drug-likeness (QED) is 0.0262. The zero-order valence-electron chi connectivity index (χ0n) is 44.2. The maximum Gasteiger partial charge on any atom is 0.306 e. The van der Waals surface area contributed by atoms with Crippen LogP contribution in [0.5, 0.6) is 0 Å². The Bertz CT molecular complexity index is 1110. The van der Waals surface area contributed by atoms with E-state index in [2.05, 4.69) is 57.2 Å². The first-order chi connectivity index (χ1) is 32.5. The van der Waals surface area contributed by atoms with E-state index in [-0.39, 0.29) is 31.1 Å². The number of ether oxygens (including phenoxy) is 3. The van der Waals surface area contributed by atoms with Gasteiger partial charge in [0, 0.05) is 19.3 Å². The average Bonchev–Trinajstić information content (AvgIpc) is 3.31. The molecule has 0 fully saturated rings. The molecular weight excluding hydrogens is 817 g/mol. The molecule has 0 aromatic rings. The highest BCUT2D eigenvalue weighted by molar-refractivity contribution is 5.71. The molecule has 0 saturated carbocycles. The summed E-state index contributed by atoms with van der Waals surface area (Å²) in [7, 11) is 0. The molecule has 386 valence electrons. The van der Waals surface area contributed by atoms with Crippen molar-refractivity contribution in [3.05, 3.63) is 36.5 Å². The van der Waals surface area contributed by atoms with Crippen LogP contribution < -0.4 is 0 Å². The zero-order valence-corrected chi connectivity index (χ0v) is 44.2. The lowest BCUT2D eigenvalue weighted by molar-refractivity contribution is -0.167. The summed E-state index contributed by atoms with van der Waals surface area (Å²) in [5.41, 5.74) is 0. The first-order valence-electron chi connectivity index (χ1n) is 29.0. The van der Waals surface area contributed by atoms with Crippen molar-refractivity contribution in [1.82, 2.24) is 0 Å². The number of hydrogen-bond donors (Lipinski definition) is 0. The van der Waals surface area contributed by atoms with Gasteiger partial charge >= 0.3 is 17.9 Å². The molecule has 0 N–H and O–H groups in total. The predicted molar refractivity (Wildman–Crippen MR) is 284 cm³/mol. The number of esters is 3. The van der Waals surface area contributed by atoms with Gasteiger partial charge in [-0.3, -0.25) is 14.4 Å². The van der Waals surface area contributed by atoms with Gasteiger partial charge in [-0.15, -0.1) is 0 Å². The average molecular weight is 928 g/mol. The van der Waals surface area contributed by atoms with Crippen LogP contribution in [0.3, 0.4) is 0 Å². The predicted octanol–water partition coefficient (Wildman–Crippen LogP) is 19.3. The lowest BCUT2D eigenvalue weighted by Gasteiger charge is -2.18. The Balaban J connectivity index is 4.13. The third-order valence-electron chi connectivity index (χ3n) is 12.9. The molecule has 0 radical (unpaired) electrons. The van der Waals surface area contributed by atoms with Crippen molar-refractivity contribution in [3.8, 4) is 0 Å². The maximum absolute atomic E-state index is 12.8. The Hall–Kier alpha value is -2.37. The molecule has 1 atom stereocenters. The van der Waals surface area contributed by atoms with E-state index < -0.39 is 6.10 Å². The molecule has 0 aromatic carbocycles. The normalized spacial score (nSPS) is 12.2. The molecule has 0 heterocycles. The van der Waals surface area contributed by atoms with Crippen molar-refractivity contribution < 1.29 is 28.6 Å². The van der Waals surface area contributed by atoms with Crippen molar-refractivity contribution in [3.63, 3.8) is 0 Å². The highest BCUT2D eigenvalue weighted by Gasteiger charge is 2.19. The van der Waals surface area contributed by atoms with Crippen molar-refractivity contribution in [2.75, 3.05) is 13.2 Å². The number of carbonyl (C=O) groups excluding carboxylic acids is 3.